The van der Waals surface area contributed by atoms with E-state index < -0.39 is 26.6 Å². The molecule has 3 unspecified atom stereocenters. The molecule has 0 aromatic rings. The molecule has 3 atom stereocenters. The number of likely N-dealkylation sites (N-methyl/N-ethyl adjacent to an activating group) is 1. The van der Waals surface area contributed by atoms with Crippen molar-refractivity contribution in [3.05, 3.63) is 60.8 Å². The number of nitrogens with zero attached hydrogens (tertiary/aromatic N) is 1. The number of carbonyl (C=O) groups is 1. The molecule has 0 saturated carbocycles. The number of aliphatic hydroxyl groups is 1. The molecular formula is C61H115N2O6P. The number of carbonyl (C=O) groups excluding carboxylic acids is 1. The van der Waals surface area contributed by atoms with E-state index in [1.807, 2.05) is 27.2 Å². The number of hydrogen-bond donors (Lipinski definition) is 2. The second-order valence-electron chi connectivity index (χ2n) is 21.3. The predicted molar refractivity (Wildman–Crippen MR) is 302 cm³/mol. The summed E-state index contributed by atoms with van der Waals surface area (Å²) >= 11 is 0. The molecule has 0 bridgehead atoms. The molecule has 0 aliphatic carbocycles. The molecule has 410 valence electrons. The quantitative estimate of drug-likeness (QED) is 0.0272. The molecule has 2 N–H and O–H groups in total. The summed E-state index contributed by atoms with van der Waals surface area (Å²) in [6.45, 7) is 4.63. The molecule has 0 aliphatic rings. The predicted octanol–water partition coefficient (Wildman–Crippen LogP) is 17.5. The molecule has 0 radical (unpaired) electrons. The van der Waals surface area contributed by atoms with Crippen molar-refractivity contribution in [1.82, 2.24) is 5.32 Å². The Balaban J connectivity index is 4.07. The molecule has 8 nitrogen and oxygen atoms in total. The normalized spacial score (nSPS) is 14.3. The van der Waals surface area contributed by atoms with Gasteiger partial charge in [0.1, 0.15) is 13.2 Å². The van der Waals surface area contributed by atoms with Crippen molar-refractivity contribution < 1.29 is 32.9 Å². The highest BCUT2D eigenvalue weighted by atomic mass is 31.2. The Kier molecular flexibility index (Phi) is 50.7. The minimum atomic E-state index is -4.60. The van der Waals surface area contributed by atoms with E-state index in [1.54, 1.807) is 6.08 Å². The largest absolute Gasteiger partial charge is 0.756 e. The average molecular weight is 1000 g/mol. The standard InChI is InChI=1S/C61H115N2O6P/c1-6-8-10-12-14-16-18-20-22-23-24-25-26-27-28-29-30-31-32-33-34-35-36-37-38-39-41-43-45-47-49-51-53-55-61(65)62-59(58-69-70(66,67)68-57-56-63(3,4)5)60(64)54-52-50-48-46-44-42-40-21-19-17-15-13-11-9-7-2/h18,20,23-24,26-27,44,46,52,54,59-60,64H,6-17,19,21-22,25,28-43,45,47-51,53,55-58H2,1-5H3,(H-,62,65,66,67)/b20-18-,24-23-,27-26-,46-44+,54-52+. The van der Waals surface area contributed by atoms with E-state index >= 15 is 0 Å². The number of rotatable bonds is 54. The summed E-state index contributed by atoms with van der Waals surface area (Å²) in [6, 6.07) is -0.904. The first-order chi connectivity index (χ1) is 34.0. The van der Waals surface area contributed by atoms with Gasteiger partial charge < -0.3 is 28.8 Å². The lowest BCUT2D eigenvalue weighted by Crippen LogP contribution is -2.45. The Morgan fingerprint density at radius 3 is 1.26 bits per heavy atom. The smallest absolute Gasteiger partial charge is 0.268 e. The summed E-state index contributed by atoms with van der Waals surface area (Å²) in [4.78, 5) is 25.5. The van der Waals surface area contributed by atoms with Crippen LogP contribution in [0, 0.1) is 0 Å². The Morgan fingerprint density at radius 1 is 0.500 bits per heavy atom. The molecule has 70 heavy (non-hydrogen) atoms. The molecule has 1 amide bonds. The number of amides is 1. The lowest BCUT2D eigenvalue weighted by molar-refractivity contribution is -0.870. The van der Waals surface area contributed by atoms with Gasteiger partial charge >= 0.3 is 0 Å². The fourth-order valence-corrected chi connectivity index (χ4v) is 9.25. The lowest BCUT2D eigenvalue weighted by atomic mass is 10.0. The Labute approximate surface area is 434 Å². The maximum Gasteiger partial charge on any atom is 0.268 e. The van der Waals surface area contributed by atoms with Crippen LogP contribution in [0.1, 0.15) is 271 Å². The third-order valence-electron chi connectivity index (χ3n) is 13.2. The third-order valence-corrected chi connectivity index (χ3v) is 14.2. The molecule has 0 aromatic carbocycles. The van der Waals surface area contributed by atoms with Gasteiger partial charge in [-0.1, -0.05) is 254 Å². The first-order valence-electron chi connectivity index (χ1n) is 29.7. The highest BCUT2D eigenvalue weighted by Gasteiger charge is 2.23. The molecule has 0 rings (SSSR count). The van der Waals surface area contributed by atoms with Gasteiger partial charge in [0.25, 0.3) is 7.82 Å². The Bertz CT molecular complexity index is 1320. The molecular weight excluding hydrogens is 888 g/mol. The zero-order valence-corrected chi connectivity index (χ0v) is 47.6. The second kappa shape index (κ2) is 52.1. The summed E-state index contributed by atoms with van der Waals surface area (Å²) in [5.41, 5.74) is 0. The van der Waals surface area contributed by atoms with Crippen LogP contribution in [0.15, 0.2) is 60.8 Å². The first-order valence-corrected chi connectivity index (χ1v) is 31.1. The van der Waals surface area contributed by atoms with Crippen LogP contribution < -0.4 is 10.2 Å². The van der Waals surface area contributed by atoms with Gasteiger partial charge in [0.15, 0.2) is 0 Å². The number of allylic oxidation sites excluding steroid dienone is 9. The van der Waals surface area contributed by atoms with Gasteiger partial charge in [-0.05, 0) is 70.6 Å². The van der Waals surface area contributed by atoms with Crippen LogP contribution in [0.2, 0.25) is 0 Å². The monoisotopic (exact) mass is 1000 g/mol. The van der Waals surface area contributed by atoms with Crippen molar-refractivity contribution in [3.63, 3.8) is 0 Å². The molecule has 9 heteroatoms. The van der Waals surface area contributed by atoms with Crippen molar-refractivity contribution >= 4 is 13.7 Å². The van der Waals surface area contributed by atoms with Crippen LogP contribution in [0.3, 0.4) is 0 Å². The van der Waals surface area contributed by atoms with Crippen LogP contribution in [-0.4, -0.2) is 68.5 Å². The second-order valence-corrected chi connectivity index (χ2v) is 22.8. The molecule has 0 saturated heterocycles. The van der Waals surface area contributed by atoms with Gasteiger partial charge in [0.2, 0.25) is 5.91 Å². The Hall–Kier alpha value is -1.80. The molecule has 0 heterocycles. The van der Waals surface area contributed by atoms with E-state index in [0.29, 0.717) is 17.4 Å². The number of phosphoric ester groups is 1. The lowest BCUT2D eigenvalue weighted by Gasteiger charge is -2.29. The van der Waals surface area contributed by atoms with Crippen LogP contribution in [0.25, 0.3) is 0 Å². The van der Waals surface area contributed by atoms with Crippen molar-refractivity contribution in [2.24, 2.45) is 0 Å². The number of unbranched alkanes of at least 4 members (excludes halogenated alkanes) is 33. The van der Waals surface area contributed by atoms with Crippen LogP contribution in [0.4, 0.5) is 0 Å². The van der Waals surface area contributed by atoms with E-state index in [2.05, 4.69) is 67.8 Å². The molecule has 0 aromatic heterocycles. The summed E-state index contributed by atoms with van der Waals surface area (Å²) in [6.07, 6.45) is 70.3. The summed E-state index contributed by atoms with van der Waals surface area (Å²) < 4.78 is 23.3. The zero-order valence-electron chi connectivity index (χ0n) is 46.7. The number of nitrogens with one attached hydrogen (secondary N) is 1. The van der Waals surface area contributed by atoms with Crippen LogP contribution in [-0.2, 0) is 18.4 Å². The zero-order chi connectivity index (χ0) is 51.3. The molecule has 0 fully saturated rings. The highest BCUT2D eigenvalue weighted by Crippen LogP contribution is 2.38. The summed E-state index contributed by atoms with van der Waals surface area (Å²) in [7, 11) is 1.25. The van der Waals surface area contributed by atoms with Crippen molar-refractivity contribution in [3.8, 4) is 0 Å². The van der Waals surface area contributed by atoms with Gasteiger partial charge in [-0.3, -0.25) is 9.36 Å². The highest BCUT2D eigenvalue weighted by molar-refractivity contribution is 7.45. The van der Waals surface area contributed by atoms with Gasteiger partial charge in [-0.15, -0.1) is 0 Å². The molecule has 0 spiro atoms. The first kappa shape index (κ1) is 68.2. The SMILES string of the molecule is CCCCCCC/C=C\C/C=C\C/C=C\CCCCCCCCCCCCCCCCCCCCC(=O)NC(COP(=O)([O-])OCC[N+](C)(C)C)C(O)/C=C/CC/C=C/CCCCCCCCCCC. The number of phosphoric acid groups is 1. The van der Waals surface area contributed by atoms with E-state index in [9.17, 15) is 19.4 Å². The Morgan fingerprint density at radius 2 is 0.843 bits per heavy atom. The fraction of sp³-hybridized carbons (Fsp3) is 0.820. The molecule has 0 aliphatic heterocycles. The minimum Gasteiger partial charge on any atom is -0.756 e. The topological polar surface area (TPSA) is 108 Å². The maximum absolute atomic E-state index is 13.0. The van der Waals surface area contributed by atoms with E-state index in [1.165, 1.54) is 199 Å². The number of quaternary nitrogens is 1. The van der Waals surface area contributed by atoms with E-state index in [4.69, 9.17) is 9.05 Å². The third kappa shape index (κ3) is 54.0. The van der Waals surface area contributed by atoms with Crippen molar-refractivity contribution in [2.45, 2.75) is 283 Å². The van der Waals surface area contributed by atoms with Crippen LogP contribution in [0.5, 0.6) is 0 Å². The van der Waals surface area contributed by atoms with Crippen LogP contribution >= 0.6 is 7.82 Å². The summed E-state index contributed by atoms with van der Waals surface area (Å²) in [5, 5.41) is 13.8. The summed E-state index contributed by atoms with van der Waals surface area (Å²) in [5.74, 6) is -0.206. The minimum absolute atomic E-state index is 0.00673. The van der Waals surface area contributed by atoms with Gasteiger partial charge in [0.05, 0.1) is 39.9 Å². The van der Waals surface area contributed by atoms with E-state index in [0.717, 1.165) is 51.4 Å². The van der Waals surface area contributed by atoms with Crippen molar-refractivity contribution in [2.75, 3.05) is 40.9 Å². The average Bonchev–Trinajstić information content (AvgIpc) is 3.32. The number of aliphatic hydroxyl groups excluding tert-OH is 1. The van der Waals surface area contributed by atoms with Gasteiger partial charge in [-0.25, -0.2) is 0 Å². The number of hydrogen-bond acceptors (Lipinski definition) is 6. The van der Waals surface area contributed by atoms with E-state index in [-0.39, 0.29) is 12.5 Å². The van der Waals surface area contributed by atoms with Crippen molar-refractivity contribution in [1.29, 1.82) is 0 Å². The maximum atomic E-state index is 13.0. The van der Waals surface area contributed by atoms with Gasteiger partial charge in [0, 0.05) is 6.42 Å². The van der Waals surface area contributed by atoms with Gasteiger partial charge in [-0.2, -0.15) is 0 Å². The fourth-order valence-electron chi connectivity index (χ4n) is 8.53.